The highest BCUT2D eigenvalue weighted by atomic mass is 35.5. The highest BCUT2D eigenvalue weighted by Gasteiger charge is 2.15. The van der Waals surface area contributed by atoms with Crippen molar-refractivity contribution in [1.82, 2.24) is 19.3 Å². The predicted octanol–water partition coefficient (Wildman–Crippen LogP) is 3.54. The van der Waals surface area contributed by atoms with Gasteiger partial charge >= 0.3 is 0 Å². The molecule has 3 aromatic rings. The fraction of sp³-hybridized carbons (Fsp3) is 0.333. The standard InChI is InChI=1S/C15H17ClN4/c1-11-4-5-14-13(8-11)18-15(9-16)20(14)12(2)10-19-7-3-6-17-19/h3-8,12H,9-10H2,1-2H3. The topological polar surface area (TPSA) is 35.6 Å². The fourth-order valence-corrected chi connectivity index (χ4v) is 2.79. The number of hydrogen-bond acceptors (Lipinski definition) is 2. The largest absolute Gasteiger partial charge is 0.322 e. The van der Waals surface area contributed by atoms with E-state index in [-0.39, 0.29) is 6.04 Å². The molecule has 0 bridgehead atoms. The summed E-state index contributed by atoms with van der Waals surface area (Å²) in [5.41, 5.74) is 3.35. The summed E-state index contributed by atoms with van der Waals surface area (Å²) >= 11 is 6.06. The SMILES string of the molecule is Cc1ccc2c(c1)nc(CCl)n2C(C)Cn1cccn1. The maximum atomic E-state index is 6.06. The van der Waals surface area contributed by atoms with Crippen molar-refractivity contribution in [1.29, 1.82) is 0 Å². The second kappa shape index (κ2) is 5.29. The Balaban J connectivity index is 2.04. The van der Waals surface area contributed by atoms with Crippen LogP contribution in [0.25, 0.3) is 11.0 Å². The van der Waals surface area contributed by atoms with Crippen LogP contribution in [0.4, 0.5) is 0 Å². The Kier molecular flexibility index (Phi) is 3.49. The molecule has 104 valence electrons. The number of halogens is 1. The molecular formula is C15H17ClN4. The van der Waals surface area contributed by atoms with Gasteiger partial charge in [-0.15, -0.1) is 11.6 Å². The summed E-state index contributed by atoms with van der Waals surface area (Å²) in [6, 6.07) is 8.51. The van der Waals surface area contributed by atoms with Gasteiger partial charge in [0.2, 0.25) is 0 Å². The number of hydrogen-bond donors (Lipinski definition) is 0. The molecule has 20 heavy (non-hydrogen) atoms. The van der Waals surface area contributed by atoms with Gasteiger partial charge in [0.15, 0.2) is 0 Å². The lowest BCUT2D eigenvalue weighted by molar-refractivity contribution is 0.438. The van der Waals surface area contributed by atoms with Crippen molar-refractivity contribution < 1.29 is 0 Å². The fourth-order valence-electron chi connectivity index (χ4n) is 2.61. The van der Waals surface area contributed by atoms with Crippen molar-refractivity contribution in [3.05, 3.63) is 48.0 Å². The van der Waals surface area contributed by atoms with Crippen molar-refractivity contribution in [2.45, 2.75) is 32.3 Å². The van der Waals surface area contributed by atoms with Crippen LogP contribution in [0, 0.1) is 6.92 Å². The van der Waals surface area contributed by atoms with Crippen molar-refractivity contribution in [3.8, 4) is 0 Å². The summed E-state index contributed by atoms with van der Waals surface area (Å²) in [7, 11) is 0. The number of imidazole rings is 1. The molecule has 0 spiro atoms. The highest BCUT2D eigenvalue weighted by Crippen LogP contribution is 2.24. The van der Waals surface area contributed by atoms with E-state index in [2.05, 4.69) is 46.7 Å². The zero-order valence-corrected chi connectivity index (χ0v) is 12.4. The number of rotatable bonds is 4. The Bertz CT molecular complexity index is 715. The first-order chi connectivity index (χ1) is 9.69. The Morgan fingerprint density at radius 2 is 2.20 bits per heavy atom. The van der Waals surface area contributed by atoms with E-state index in [0.717, 1.165) is 23.4 Å². The summed E-state index contributed by atoms with van der Waals surface area (Å²) in [6.45, 7) is 5.04. The molecular weight excluding hydrogens is 272 g/mol. The number of aromatic nitrogens is 4. The average Bonchev–Trinajstić information content (AvgIpc) is 3.04. The Morgan fingerprint density at radius 1 is 1.35 bits per heavy atom. The molecule has 5 heteroatoms. The van der Waals surface area contributed by atoms with Gasteiger partial charge in [-0.1, -0.05) is 6.07 Å². The van der Waals surface area contributed by atoms with Crippen LogP contribution in [-0.4, -0.2) is 19.3 Å². The molecule has 0 N–H and O–H groups in total. The minimum absolute atomic E-state index is 0.247. The van der Waals surface area contributed by atoms with Crippen molar-refractivity contribution in [2.75, 3.05) is 0 Å². The number of fused-ring (bicyclic) bond motifs is 1. The number of alkyl halides is 1. The van der Waals surface area contributed by atoms with Crippen LogP contribution >= 0.6 is 11.6 Å². The second-order valence-electron chi connectivity index (χ2n) is 5.10. The lowest BCUT2D eigenvalue weighted by Crippen LogP contribution is -2.15. The first-order valence-corrected chi connectivity index (χ1v) is 7.23. The van der Waals surface area contributed by atoms with E-state index in [0.29, 0.717) is 5.88 Å². The van der Waals surface area contributed by atoms with Crippen LogP contribution in [0.5, 0.6) is 0 Å². The van der Waals surface area contributed by atoms with Crippen LogP contribution < -0.4 is 0 Å². The molecule has 0 aliphatic rings. The van der Waals surface area contributed by atoms with E-state index in [4.69, 9.17) is 11.6 Å². The Morgan fingerprint density at radius 3 is 2.90 bits per heavy atom. The summed E-state index contributed by atoms with van der Waals surface area (Å²) in [6.07, 6.45) is 3.77. The Hall–Kier alpha value is -1.81. The second-order valence-corrected chi connectivity index (χ2v) is 5.37. The van der Waals surface area contributed by atoms with E-state index < -0.39 is 0 Å². The first-order valence-electron chi connectivity index (χ1n) is 6.70. The molecule has 1 aromatic carbocycles. The number of aryl methyl sites for hydroxylation is 1. The van der Waals surface area contributed by atoms with Gasteiger partial charge in [-0.05, 0) is 37.6 Å². The van der Waals surface area contributed by atoms with Gasteiger partial charge in [-0.25, -0.2) is 4.98 Å². The summed E-state index contributed by atoms with van der Waals surface area (Å²) in [5, 5.41) is 4.27. The molecule has 0 aliphatic carbocycles. The average molecular weight is 289 g/mol. The van der Waals surface area contributed by atoms with Crippen molar-refractivity contribution in [2.24, 2.45) is 0 Å². The molecule has 4 nitrogen and oxygen atoms in total. The molecule has 2 heterocycles. The lowest BCUT2D eigenvalue weighted by atomic mass is 10.2. The van der Waals surface area contributed by atoms with Gasteiger partial charge in [-0.2, -0.15) is 5.10 Å². The normalized spacial score (nSPS) is 12.9. The van der Waals surface area contributed by atoms with Gasteiger partial charge in [0.05, 0.1) is 29.5 Å². The Labute approximate surface area is 123 Å². The van der Waals surface area contributed by atoms with Crippen LogP contribution in [-0.2, 0) is 12.4 Å². The smallest absolute Gasteiger partial charge is 0.125 e. The van der Waals surface area contributed by atoms with Crippen LogP contribution in [0.3, 0.4) is 0 Å². The van der Waals surface area contributed by atoms with Crippen molar-refractivity contribution >= 4 is 22.6 Å². The van der Waals surface area contributed by atoms with Crippen LogP contribution in [0.15, 0.2) is 36.7 Å². The third kappa shape index (κ3) is 2.31. The van der Waals surface area contributed by atoms with E-state index >= 15 is 0 Å². The minimum Gasteiger partial charge on any atom is -0.322 e. The lowest BCUT2D eigenvalue weighted by Gasteiger charge is -2.17. The van der Waals surface area contributed by atoms with Crippen molar-refractivity contribution in [3.63, 3.8) is 0 Å². The molecule has 1 unspecified atom stereocenters. The van der Waals surface area contributed by atoms with Gasteiger partial charge < -0.3 is 4.57 Å². The monoisotopic (exact) mass is 288 g/mol. The predicted molar refractivity (Wildman–Crippen MR) is 81.0 cm³/mol. The van der Waals surface area contributed by atoms with Gasteiger partial charge in [-0.3, -0.25) is 4.68 Å². The maximum absolute atomic E-state index is 6.06. The van der Waals surface area contributed by atoms with Gasteiger partial charge in [0.1, 0.15) is 5.82 Å². The van der Waals surface area contributed by atoms with E-state index in [1.165, 1.54) is 5.56 Å². The third-order valence-electron chi connectivity index (χ3n) is 3.49. The number of benzene rings is 1. The zero-order chi connectivity index (χ0) is 14.1. The molecule has 0 fully saturated rings. The molecule has 0 amide bonds. The number of nitrogens with zero attached hydrogens (tertiary/aromatic N) is 4. The van der Waals surface area contributed by atoms with Gasteiger partial charge in [0.25, 0.3) is 0 Å². The van der Waals surface area contributed by atoms with E-state index in [1.807, 2.05) is 16.9 Å². The van der Waals surface area contributed by atoms with E-state index in [1.54, 1.807) is 6.20 Å². The van der Waals surface area contributed by atoms with Crippen LogP contribution in [0.2, 0.25) is 0 Å². The summed E-state index contributed by atoms with van der Waals surface area (Å²) < 4.78 is 4.14. The quantitative estimate of drug-likeness (QED) is 0.688. The molecule has 0 saturated heterocycles. The molecule has 2 aromatic heterocycles. The summed E-state index contributed by atoms with van der Waals surface area (Å²) in [4.78, 5) is 4.64. The first kappa shape index (κ1) is 13.2. The summed E-state index contributed by atoms with van der Waals surface area (Å²) in [5.74, 6) is 1.32. The zero-order valence-electron chi connectivity index (χ0n) is 11.6. The molecule has 0 radical (unpaired) electrons. The minimum atomic E-state index is 0.247. The molecule has 3 rings (SSSR count). The molecule has 0 aliphatic heterocycles. The van der Waals surface area contributed by atoms with Gasteiger partial charge in [0, 0.05) is 12.4 Å². The third-order valence-corrected chi connectivity index (χ3v) is 3.73. The highest BCUT2D eigenvalue weighted by molar-refractivity contribution is 6.16. The molecule has 1 atom stereocenters. The van der Waals surface area contributed by atoms with E-state index in [9.17, 15) is 0 Å². The van der Waals surface area contributed by atoms with Crippen LogP contribution in [0.1, 0.15) is 24.4 Å². The maximum Gasteiger partial charge on any atom is 0.125 e. The molecule has 0 saturated carbocycles.